The predicted molar refractivity (Wildman–Crippen MR) is 109 cm³/mol. The average molecular weight is 383 g/mol. The molecule has 3 rings (SSSR count). The van der Waals surface area contributed by atoms with Gasteiger partial charge in [0.1, 0.15) is 5.82 Å². The molecule has 1 aromatic carbocycles. The Hall–Kier alpha value is -2.83. The number of nitrogens with zero attached hydrogens (tertiary/aromatic N) is 4. The molecule has 0 saturated carbocycles. The van der Waals surface area contributed by atoms with Crippen molar-refractivity contribution in [2.75, 3.05) is 33.8 Å². The second-order valence-electron chi connectivity index (χ2n) is 6.97. The van der Waals surface area contributed by atoms with Crippen LogP contribution < -0.4 is 5.32 Å². The fraction of sp³-hybridized carbons (Fsp3) is 0.476. The minimum Gasteiger partial charge on any atom is -0.469 e. The van der Waals surface area contributed by atoms with Crippen molar-refractivity contribution in [2.45, 2.75) is 25.8 Å². The third-order valence-electron chi connectivity index (χ3n) is 5.17. The van der Waals surface area contributed by atoms with Crippen molar-refractivity contribution in [3.05, 3.63) is 54.1 Å². The number of piperidine rings is 1. The molecule has 0 amide bonds. The smallest absolute Gasteiger partial charge is 0.308 e. The standard InChI is InChI=1S/C21H29N5O2/c1-22-21(25-13-9-18(10-14-25)20(27)28-2)24-11-8-19-23-12-15-26(19)16-17-6-4-3-5-7-17/h3-7,12,15,18H,8-11,13-14,16H2,1-2H3,(H,22,24). The van der Waals surface area contributed by atoms with E-state index in [1.165, 1.54) is 12.7 Å². The number of esters is 1. The van der Waals surface area contributed by atoms with E-state index in [9.17, 15) is 4.79 Å². The van der Waals surface area contributed by atoms with E-state index in [0.29, 0.717) is 0 Å². The molecule has 0 spiro atoms. The van der Waals surface area contributed by atoms with E-state index in [1.807, 2.05) is 18.5 Å². The van der Waals surface area contributed by atoms with Gasteiger partial charge in [-0.05, 0) is 18.4 Å². The fourth-order valence-corrected chi connectivity index (χ4v) is 3.60. The summed E-state index contributed by atoms with van der Waals surface area (Å²) in [5, 5.41) is 3.43. The minimum atomic E-state index is -0.104. The van der Waals surface area contributed by atoms with Crippen LogP contribution in [0.5, 0.6) is 0 Å². The number of benzene rings is 1. The second-order valence-corrected chi connectivity index (χ2v) is 6.97. The van der Waals surface area contributed by atoms with Crippen molar-refractivity contribution in [2.24, 2.45) is 10.9 Å². The SMILES string of the molecule is CN=C(NCCc1nccn1Cc1ccccc1)N1CCC(C(=O)OC)CC1. The molecule has 0 radical (unpaired) electrons. The Labute approximate surface area is 166 Å². The first-order valence-electron chi connectivity index (χ1n) is 9.78. The molecule has 150 valence electrons. The number of imidazole rings is 1. The zero-order chi connectivity index (χ0) is 19.8. The molecule has 1 aromatic heterocycles. The molecule has 1 N–H and O–H groups in total. The number of nitrogens with one attached hydrogen (secondary N) is 1. The molecule has 0 atom stereocenters. The van der Waals surface area contributed by atoms with Crippen LogP contribution in [0, 0.1) is 5.92 Å². The van der Waals surface area contributed by atoms with Crippen LogP contribution in [0.2, 0.25) is 0 Å². The highest BCUT2D eigenvalue weighted by molar-refractivity contribution is 5.80. The summed E-state index contributed by atoms with van der Waals surface area (Å²) in [5.41, 5.74) is 1.26. The molecule has 1 saturated heterocycles. The van der Waals surface area contributed by atoms with Crippen molar-refractivity contribution in [1.29, 1.82) is 0 Å². The largest absolute Gasteiger partial charge is 0.469 e. The Bertz CT molecular complexity index is 779. The van der Waals surface area contributed by atoms with Gasteiger partial charge in [0.15, 0.2) is 5.96 Å². The highest BCUT2D eigenvalue weighted by Gasteiger charge is 2.26. The maximum absolute atomic E-state index is 11.7. The van der Waals surface area contributed by atoms with Gasteiger partial charge in [0.25, 0.3) is 0 Å². The first kappa shape index (κ1) is 19.9. The summed E-state index contributed by atoms with van der Waals surface area (Å²) in [5.74, 6) is 1.83. The molecule has 1 aliphatic heterocycles. The van der Waals surface area contributed by atoms with Crippen LogP contribution in [0.15, 0.2) is 47.7 Å². The van der Waals surface area contributed by atoms with Gasteiger partial charge in [-0.25, -0.2) is 4.98 Å². The summed E-state index contributed by atoms with van der Waals surface area (Å²) in [6, 6.07) is 10.4. The zero-order valence-corrected chi connectivity index (χ0v) is 16.7. The fourth-order valence-electron chi connectivity index (χ4n) is 3.60. The van der Waals surface area contributed by atoms with Crippen molar-refractivity contribution in [1.82, 2.24) is 19.8 Å². The lowest BCUT2D eigenvalue weighted by Gasteiger charge is -2.33. The average Bonchev–Trinajstić information content (AvgIpc) is 3.18. The molecule has 1 fully saturated rings. The molecule has 7 nitrogen and oxygen atoms in total. The number of hydrogen-bond donors (Lipinski definition) is 1. The van der Waals surface area contributed by atoms with Crippen LogP contribution in [-0.4, -0.2) is 60.2 Å². The molecule has 7 heteroatoms. The summed E-state index contributed by atoms with van der Waals surface area (Å²) in [6.07, 6.45) is 6.29. The topological polar surface area (TPSA) is 71.8 Å². The first-order chi connectivity index (χ1) is 13.7. The lowest BCUT2D eigenvalue weighted by molar-refractivity contribution is -0.146. The van der Waals surface area contributed by atoms with Crippen LogP contribution >= 0.6 is 0 Å². The summed E-state index contributed by atoms with van der Waals surface area (Å²) in [7, 11) is 3.25. The highest BCUT2D eigenvalue weighted by atomic mass is 16.5. The number of aliphatic imine (C=N–C) groups is 1. The van der Waals surface area contributed by atoms with E-state index in [4.69, 9.17) is 4.74 Å². The van der Waals surface area contributed by atoms with Gasteiger partial charge in [-0.15, -0.1) is 0 Å². The third-order valence-corrected chi connectivity index (χ3v) is 5.17. The number of aromatic nitrogens is 2. The molecule has 0 bridgehead atoms. The number of guanidine groups is 1. The van der Waals surface area contributed by atoms with Crippen LogP contribution in [0.25, 0.3) is 0 Å². The molecule has 2 aromatic rings. The second kappa shape index (κ2) is 9.92. The van der Waals surface area contributed by atoms with Crippen molar-refractivity contribution in [3.63, 3.8) is 0 Å². The van der Waals surface area contributed by atoms with Gasteiger partial charge in [0, 0.05) is 52.0 Å². The van der Waals surface area contributed by atoms with Gasteiger partial charge >= 0.3 is 5.97 Å². The van der Waals surface area contributed by atoms with E-state index in [0.717, 1.165) is 57.2 Å². The number of rotatable bonds is 6. The van der Waals surface area contributed by atoms with Gasteiger partial charge in [0.05, 0.1) is 13.0 Å². The number of carbonyl (C=O) groups excluding carboxylic acids is 1. The molecule has 0 unspecified atom stereocenters. The molecular weight excluding hydrogens is 354 g/mol. The number of methoxy groups -OCH3 is 1. The summed E-state index contributed by atoms with van der Waals surface area (Å²) >= 11 is 0. The summed E-state index contributed by atoms with van der Waals surface area (Å²) in [4.78, 5) is 22.8. The molecule has 0 aliphatic carbocycles. The van der Waals surface area contributed by atoms with Gasteiger partial charge in [-0.3, -0.25) is 9.79 Å². The Morgan fingerprint density at radius 1 is 1.29 bits per heavy atom. The van der Waals surface area contributed by atoms with Crippen molar-refractivity contribution in [3.8, 4) is 0 Å². The summed E-state index contributed by atoms with van der Waals surface area (Å²) < 4.78 is 7.04. The van der Waals surface area contributed by atoms with Crippen LogP contribution in [0.1, 0.15) is 24.2 Å². The molecule has 2 heterocycles. The van der Waals surface area contributed by atoms with E-state index < -0.39 is 0 Å². The Kier molecular flexibility index (Phi) is 7.06. The van der Waals surface area contributed by atoms with E-state index in [2.05, 4.69) is 49.0 Å². The maximum Gasteiger partial charge on any atom is 0.308 e. The third kappa shape index (κ3) is 5.12. The van der Waals surface area contributed by atoms with Crippen LogP contribution in [0.4, 0.5) is 0 Å². The predicted octanol–water partition coefficient (Wildman–Crippen LogP) is 1.93. The Morgan fingerprint density at radius 3 is 2.71 bits per heavy atom. The van der Waals surface area contributed by atoms with Crippen LogP contribution in [0.3, 0.4) is 0 Å². The Morgan fingerprint density at radius 2 is 2.04 bits per heavy atom. The highest BCUT2D eigenvalue weighted by Crippen LogP contribution is 2.18. The van der Waals surface area contributed by atoms with Gasteiger partial charge in [-0.2, -0.15) is 0 Å². The first-order valence-corrected chi connectivity index (χ1v) is 9.78. The van der Waals surface area contributed by atoms with Crippen molar-refractivity contribution < 1.29 is 9.53 Å². The minimum absolute atomic E-state index is 0.00446. The van der Waals surface area contributed by atoms with Gasteiger partial charge in [0.2, 0.25) is 0 Å². The Balaban J connectivity index is 1.48. The lowest BCUT2D eigenvalue weighted by atomic mass is 9.97. The zero-order valence-electron chi connectivity index (χ0n) is 16.7. The quantitative estimate of drug-likeness (QED) is 0.469. The van der Waals surface area contributed by atoms with Crippen LogP contribution in [-0.2, 0) is 22.5 Å². The van der Waals surface area contributed by atoms with E-state index in [1.54, 1.807) is 7.05 Å². The molecule has 28 heavy (non-hydrogen) atoms. The molecule has 1 aliphatic rings. The maximum atomic E-state index is 11.7. The molecular formula is C21H29N5O2. The van der Waals surface area contributed by atoms with Crippen molar-refractivity contribution >= 4 is 11.9 Å². The monoisotopic (exact) mass is 383 g/mol. The number of carbonyl (C=O) groups is 1. The lowest BCUT2D eigenvalue weighted by Crippen LogP contribution is -2.47. The van der Waals surface area contributed by atoms with Gasteiger partial charge in [-0.1, -0.05) is 30.3 Å². The van der Waals surface area contributed by atoms with Gasteiger partial charge < -0.3 is 19.5 Å². The van der Waals surface area contributed by atoms with E-state index in [-0.39, 0.29) is 11.9 Å². The van der Waals surface area contributed by atoms with E-state index >= 15 is 0 Å². The normalized spacial score (nSPS) is 15.5. The number of ether oxygens (including phenoxy) is 1. The number of hydrogen-bond acceptors (Lipinski definition) is 4. The number of likely N-dealkylation sites (tertiary alicyclic amines) is 1. The summed E-state index contributed by atoms with van der Waals surface area (Å²) in [6.45, 7) is 3.20.